The number of phenols is 1. The van der Waals surface area contributed by atoms with E-state index in [0.717, 1.165) is 0 Å². The molecule has 3 rings (SSSR count). The summed E-state index contributed by atoms with van der Waals surface area (Å²) in [5.41, 5.74) is 2.94. The highest BCUT2D eigenvalue weighted by molar-refractivity contribution is 6.36. The van der Waals surface area contributed by atoms with Gasteiger partial charge in [0.15, 0.2) is 11.5 Å². The van der Waals surface area contributed by atoms with Crippen molar-refractivity contribution in [3.8, 4) is 17.2 Å². The third-order valence-corrected chi connectivity index (χ3v) is 3.56. The van der Waals surface area contributed by atoms with Crippen LogP contribution in [0.3, 0.4) is 0 Å². The molecule has 0 aromatic heterocycles. The maximum absolute atomic E-state index is 12.0. The molecule has 0 radical (unpaired) electrons. The molecule has 118 valence electrons. The summed E-state index contributed by atoms with van der Waals surface area (Å²) in [6, 6.07) is 7.87. The van der Waals surface area contributed by atoms with Crippen molar-refractivity contribution in [1.29, 1.82) is 0 Å². The van der Waals surface area contributed by atoms with Crippen molar-refractivity contribution >= 4 is 35.3 Å². The van der Waals surface area contributed by atoms with Gasteiger partial charge in [0.2, 0.25) is 6.79 Å². The molecule has 1 heterocycles. The molecule has 0 saturated carbocycles. The van der Waals surface area contributed by atoms with E-state index >= 15 is 0 Å². The number of hydrogen-bond acceptors (Lipinski definition) is 5. The SMILES string of the molecule is O=C(NN=Cc1ccc2c(c1)OCO2)c1cc(Cl)cc(Cl)c1O. The number of nitrogens with zero attached hydrogens (tertiary/aromatic N) is 1. The lowest BCUT2D eigenvalue weighted by molar-refractivity contribution is 0.0952. The number of hydrogen-bond donors (Lipinski definition) is 2. The molecule has 1 aliphatic heterocycles. The molecule has 0 spiro atoms. The molecule has 0 saturated heterocycles. The molecule has 0 unspecified atom stereocenters. The Bertz CT molecular complexity index is 808. The molecular formula is C15H10Cl2N2O4. The van der Waals surface area contributed by atoms with Crippen LogP contribution in [0.4, 0.5) is 0 Å². The van der Waals surface area contributed by atoms with Gasteiger partial charge in [-0.15, -0.1) is 0 Å². The van der Waals surface area contributed by atoms with Crippen LogP contribution in [0.25, 0.3) is 0 Å². The van der Waals surface area contributed by atoms with Crippen molar-refractivity contribution in [1.82, 2.24) is 5.43 Å². The van der Waals surface area contributed by atoms with Crippen LogP contribution in [0.5, 0.6) is 17.2 Å². The zero-order valence-corrected chi connectivity index (χ0v) is 13.1. The van der Waals surface area contributed by atoms with Crippen molar-refractivity contribution in [2.75, 3.05) is 6.79 Å². The molecule has 0 bridgehead atoms. The van der Waals surface area contributed by atoms with Gasteiger partial charge in [0.25, 0.3) is 5.91 Å². The van der Waals surface area contributed by atoms with E-state index in [-0.39, 0.29) is 28.2 Å². The van der Waals surface area contributed by atoms with Gasteiger partial charge < -0.3 is 14.6 Å². The van der Waals surface area contributed by atoms with Crippen LogP contribution in [-0.4, -0.2) is 24.0 Å². The largest absolute Gasteiger partial charge is 0.506 e. The quantitative estimate of drug-likeness (QED) is 0.656. The first-order chi connectivity index (χ1) is 11.0. The van der Waals surface area contributed by atoms with Gasteiger partial charge in [-0.25, -0.2) is 5.43 Å². The fraction of sp³-hybridized carbons (Fsp3) is 0.0667. The van der Waals surface area contributed by atoms with E-state index in [4.69, 9.17) is 32.7 Å². The number of amides is 1. The Kier molecular flexibility index (Phi) is 4.27. The molecule has 1 aliphatic rings. The number of rotatable bonds is 3. The average molecular weight is 353 g/mol. The Morgan fingerprint density at radius 3 is 2.83 bits per heavy atom. The predicted molar refractivity (Wildman–Crippen MR) is 85.8 cm³/mol. The Balaban J connectivity index is 1.72. The summed E-state index contributed by atoms with van der Waals surface area (Å²) in [6.07, 6.45) is 1.43. The maximum Gasteiger partial charge on any atom is 0.275 e. The summed E-state index contributed by atoms with van der Waals surface area (Å²) >= 11 is 11.6. The minimum Gasteiger partial charge on any atom is -0.506 e. The maximum atomic E-state index is 12.0. The molecule has 8 heteroatoms. The summed E-state index contributed by atoms with van der Waals surface area (Å²) in [4.78, 5) is 12.0. The van der Waals surface area contributed by atoms with Gasteiger partial charge in [0.05, 0.1) is 16.8 Å². The standard InChI is InChI=1S/C15H10Cl2N2O4/c16-9-4-10(14(20)11(17)5-9)15(21)19-18-6-8-1-2-12-13(3-8)23-7-22-12/h1-6,20H,7H2,(H,19,21). The molecule has 2 aromatic rings. The first-order valence-electron chi connectivity index (χ1n) is 6.45. The highest BCUT2D eigenvalue weighted by Crippen LogP contribution is 2.32. The van der Waals surface area contributed by atoms with E-state index in [0.29, 0.717) is 17.1 Å². The Hall–Kier alpha value is -2.44. The van der Waals surface area contributed by atoms with E-state index in [1.54, 1.807) is 18.2 Å². The Labute approximate surface area is 141 Å². The minimum absolute atomic E-state index is 0.0117. The topological polar surface area (TPSA) is 80.2 Å². The lowest BCUT2D eigenvalue weighted by Crippen LogP contribution is -2.17. The molecule has 2 N–H and O–H groups in total. The number of benzene rings is 2. The number of nitrogens with one attached hydrogen (secondary N) is 1. The van der Waals surface area contributed by atoms with Gasteiger partial charge in [0, 0.05) is 5.02 Å². The second-order valence-electron chi connectivity index (χ2n) is 4.60. The van der Waals surface area contributed by atoms with E-state index in [9.17, 15) is 9.90 Å². The molecule has 6 nitrogen and oxygen atoms in total. The first kappa shape index (κ1) is 15.5. The summed E-state index contributed by atoms with van der Waals surface area (Å²) < 4.78 is 10.4. The zero-order valence-electron chi connectivity index (χ0n) is 11.5. The van der Waals surface area contributed by atoms with Crippen LogP contribution < -0.4 is 14.9 Å². The highest BCUT2D eigenvalue weighted by atomic mass is 35.5. The van der Waals surface area contributed by atoms with Crippen molar-refractivity contribution in [2.45, 2.75) is 0 Å². The first-order valence-corrected chi connectivity index (χ1v) is 7.21. The number of phenolic OH excluding ortho intramolecular Hbond substituents is 1. The lowest BCUT2D eigenvalue weighted by Gasteiger charge is -2.05. The summed E-state index contributed by atoms with van der Waals surface area (Å²) in [5.74, 6) is 0.278. The number of fused-ring (bicyclic) bond motifs is 1. The van der Waals surface area contributed by atoms with Gasteiger partial charge >= 0.3 is 0 Å². The number of ether oxygens (including phenoxy) is 2. The minimum atomic E-state index is -0.635. The molecule has 23 heavy (non-hydrogen) atoms. The fourth-order valence-electron chi connectivity index (χ4n) is 1.96. The van der Waals surface area contributed by atoms with Crippen LogP contribution in [0, 0.1) is 0 Å². The van der Waals surface area contributed by atoms with Gasteiger partial charge in [-0.2, -0.15) is 5.10 Å². The molecule has 0 aliphatic carbocycles. The third-order valence-electron chi connectivity index (χ3n) is 3.05. The number of aromatic hydroxyl groups is 1. The number of hydrazone groups is 1. The van der Waals surface area contributed by atoms with Gasteiger partial charge in [0.1, 0.15) is 5.75 Å². The van der Waals surface area contributed by atoms with Gasteiger partial charge in [-0.3, -0.25) is 4.79 Å². The van der Waals surface area contributed by atoms with Crippen LogP contribution in [0.2, 0.25) is 10.0 Å². The second kappa shape index (κ2) is 6.36. The normalized spacial score (nSPS) is 12.6. The summed E-state index contributed by atoms with van der Waals surface area (Å²) in [7, 11) is 0. The summed E-state index contributed by atoms with van der Waals surface area (Å²) in [5, 5.41) is 13.8. The van der Waals surface area contributed by atoms with Gasteiger partial charge in [-0.05, 0) is 35.9 Å². The molecule has 0 atom stereocenters. The van der Waals surface area contributed by atoms with Crippen LogP contribution in [0.1, 0.15) is 15.9 Å². The highest BCUT2D eigenvalue weighted by Gasteiger charge is 2.15. The second-order valence-corrected chi connectivity index (χ2v) is 5.44. The Morgan fingerprint density at radius 2 is 2.00 bits per heavy atom. The van der Waals surface area contributed by atoms with E-state index in [1.165, 1.54) is 18.3 Å². The average Bonchev–Trinajstić information content (AvgIpc) is 2.98. The van der Waals surface area contributed by atoms with Crippen LogP contribution in [0.15, 0.2) is 35.4 Å². The van der Waals surface area contributed by atoms with E-state index in [1.807, 2.05) is 0 Å². The predicted octanol–water partition coefficient (Wildman–Crippen LogP) is 3.19. The molecule has 0 fully saturated rings. The van der Waals surface area contributed by atoms with E-state index < -0.39 is 5.91 Å². The van der Waals surface area contributed by atoms with Crippen molar-refractivity contribution in [3.63, 3.8) is 0 Å². The van der Waals surface area contributed by atoms with Crippen molar-refractivity contribution in [2.24, 2.45) is 5.10 Å². The lowest BCUT2D eigenvalue weighted by atomic mass is 10.2. The van der Waals surface area contributed by atoms with Crippen LogP contribution in [-0.2, 0) is 0 Å². The monoisotopic (exact) mass is 352 g/mol. The number of carbonyl (C=O) groups excluding carboxylic acids is 1. The molecule has 2 aromatic carbocycles. The van der Waals surface area contributed by atoms with Gasteiger partial charge in [-0.1, -0.05) is 23.2 Å². The Morgan fingerprint density at radius 1 is 1.22 bits per heavy atom. The molecule has 1 amide bonds. The fourth-order valence-corrected chi connectivity index (χ4v) is 2.45. The summed E-state index contributed by atoms with van der Waals surface area (Å²) in [6.45, 7) is 0.182. The zero-order chi connectivity index (χ0) is 16.4. The number of carbonyl (C=O) groups is 1. The van der Waals surface area contributed by atoms with Crippen LogP contribution >= 0.6 is 23.2 Å². The number of halogens is 2. The molecular weight excluding hydrogens is 343 g/mol. The van der Waals surface area contributed by atoms with Crippen molar-refractivity contribution in [3.05, 3.63) is 51.5 Å². The smallest absolute Gasteiger partial charge is 0.275 e. The van der Waals surface area contributed by atoms with Crippen molar-refractivity contribution < 1.29 is 19.4 Å². The third kappa shape index (κ3) is 3.33. The van der Waals surface area contributed by atoms with E-state index in [2.05, 4.69) is 10.5 Å².